The van der Waals surface area contributed by atoms with Gasteiger partial charge in [-0.2, -0.15) is 18.3 Å². The lowest BCUT2D eigenvalue weighted by Crippen LogP contribution is -2.23. The maximum absolute atomic E-state index is 12.6. The van der Waals surface area contributed by atoms with Crippen LogP contribution in [0.5, 0.6) is 0 Å². The highest BCUT2D eigenvalue weighted by Crippen LogP contribution is 2.30. The molecule has 26 heavy (non-hydrogen) atoms. The molecule has 0 unspecified atom stereocenters. The second kappa shape index (κ2) is 6.83. The molecule has 1 aromatic heterocycles. The van der Waals surface area contributed by atoms with Gasteiger partial charge < -0.3 is 5.32 Å². The van der Waals surface area contributed by atoms with E-state index >= 15 is 0 Å². The number of aromatic nitrogens is 2. The van der Waals surface area contributed by atoms with Crippen LogP contribution in [-0.4, -0.2) is 23.7 Å². The molecule has 0 spiro atoms. The summed E-state index contributed by atoms with van der Waals surface area (Å²) in [5.74, 6) is 0. The van der Waals surface area contributed by atoms with E-state index in [2.05, 4.69) is 10.4 Å². The van der Waals surface area contributed by atoms with Gasteiger partial charge in [0.25, 0.3) is 9.84 Å². The van der Waals surface area contributed by atoms with Gasteiger partial charge in [0.05, 0.1) is 10.6 Å². The Morgan fingerprint density at radius 2 is 1.69 bits per heavy atom. The summed E-state index contributed by atoms with van der Waals surface area (Å²) in [5, 5.41) is 7.24. The lowest BCUT2D eigenvalue weighted by Gasteiger charge is -2.12. The summed E-state index contributed by atoms with van der Waals surface area (Å²) in [6.45, 7) is 0.390. The number of anilines is 1. The number of sulfone groups is 1. The number of hydrogen-bond acceptors (Lipinski definition) is 4. The van der Waals surface area contributed by atoms with Crippen LogP contribution < -0.4 is 5.32 Å². The summed E-state index contributed by atoms with van der Waals surface area (Å²) in [6.07, 6.45) is 3.46. The lowest BCUT2D eigenvalue weighted by atomic mass is 10.1. The number of nitrogens with one attached hydrogen (secondary N) is 1. The van der Waals surface area contributed by atoms with E-state index in [0.29, 0.717) is 12.2 Å². The topological polar surface area (TPSA) is 64.0 Å². The number of hydrogen-bond donors (Lipinski definition) is 1. The van der Waals surface area contributed by atoms with Gasteiger partial charge in [0, 0.05) is 24.6 Å². The minimum atomic E-state index is -5.34. The van der Waals surface area contributed by atoms with Gasteiger partial charge in [0.2, 0.25) is 0 Å². The minimum Gasteiger partial charge on any atom is -0.381 e. The first-order valence-corrected chi connectivity index (χ1v) is 9.00. The molecule has 0 saturated heterocycles. The molecular formula is C17H14F3N3O2S. The number of halogens is 3. The molecule has 0 saturated carbocycles. The Labute approximate surface area is 148 Å². The van der Waals surface area contributed by atoms with Crippen molar-refractivity contribution in [1.82, 2.24) is 9.78 Å². The molecule has 136 valence electrons. The van der Waals surface area contributed by atoms with Crippen molar-refractivity contribution >= 4 is 15.5 Å². The van der Waals surface area contributed by atoms with Crippen molar-refractivity contribution in [2.24, 2.45) is 0 Å². The average Bonchev–Trinajstić information content (AvgIpc) is 3.14. The molecule has 0 aliphatic carbocycles. The largest absolute Gasteiger partial charge is 0.501 e. The van der Waals surface area contributed by atoms with E-state index in [1.54, 1.807) is 23.1 Å². The summed E-state index contributed by atoms with van der Waals surface area (Å²) in [6, 6.07) is 13.8. The molecule has 3 aromatic rings. The quantitative estimate of drug-likeness (QED) is 0.731. The third-order valence-electron chi connectivity index (χ3n) is 3.70. The van der Waals surface area contributed by atoms with Crippen LogP contribution in [0.15, 0.2) is 71.9 Å². The number of para-hydroxylation sites is 1. The Kier molecular flexibility index (Phi) is 4.73. The number of nitrogens with zero attached hydrogens (tertiary/aromatic N) is 2. The monoisotopic (exact) mass is 381 g/mol. The van der Waals surface area contributed by atoms with E-state index in [9.17, 15) is 21.6 Å². The first-order chi connectivity index (χ1) is 12.3. The molecule has 0 amide bonds. The smallest absolute Gasteiger partial charge is 0.381 e. The van der Waals surface area contributed by atoms with E-state index in [1.807, 2.05) is 24.3 Å². The predicted octanol–water partition coefficient (Wildman–Crippen LogP) is 3.78. The van der Waals surface area contributed by atoms with Gasteiger partial charge in [-0.3, -0.25) is 0 Å². The van der Waals surface area contributed by atoms with Crippen molar-refractivity contribution in [3.8, 4) is 5.69 Å². The average molecular weight is 381 g/mol. The summed E-state index contributed by atoms with van der Waals surface area (Å²) in [5.41, 5.74) is -3.03. The van der Waals surface area contributed by atoms with Gasteiger partial charge in [0.1, 0.15) is 0 Å². The first kappa shape index (κ1) is 18.0. The first-order valence-electron chi connectivity index (χ1n) is 7.52. The van der Waals surface area contributed by atoms with Crippen LogP contribution in [0, 0.1) is 0 Å². The maximum atomic E-state index is 12.6. The number of alkyl halides is 3. The fraction of sp³-hybridized carbons (Fsp3) is 0.118. The lowest BCUT2D eigenvalue weighted by molar-refractivity contribution is -0.0436. The van der Waals surface area contributed by atoms with Gasteiger partial charge in [-0.15, -0.1) is 0 Å². The maximum Gasteiger partial charge on any atom is 0.501 e. The number of benzene rings is 2. The van der Waals surface area contributed by atoms with Crippen LogP contribution in [0.3, 0.4) is 0 Å². The molecule has 0 fully saturated rings. The Balaban J connectivity index is 1.76. The molecular weight excluding hydrogens is 367 g/mol. The van der Waals surface area contributed by atoms with Crippen molar-refractivity contribution in [2.45, 2.75) is 16.9 Å². The highest BCUT2D eigenvalue weighted by Gasteiger charge is 2.46. The summed E-state index contributed by atoms with van der Waals surface area (Å²) < 4.78 is 62.1. The fourth-order valence-electron chi connectivity index (χ4n) is 2.38. The second-order valence-corrected chi connectivity index (χ2v) is 7.35. The zero-order valence-electron chi connectivity index (χ0n) is 13.3. The molecule has 0 aliphatic rings. The molecule has 0 atom stereocenters. The van der Waals surface area contributed by atoms with Crippen molar-refractivity contribution in [1.29, 1.82) is 0 Å². The SMILES string of the molecule is O=S(=O)(c1ccc(NCc2ccccc2-n2cccn2)cc1)C(F)(F)F. The Hall–Kier alpha value is -2.81. The minimum absolute atomic E-state index is 0.390. The zero-order valence-corrected chi connectivity index (χ0v) is 14.1. The Morgan fingerprint density at radius 1 is 1.00 bits per heavy atom. The predicted molar refractivity (Wildman–Crippen MR) is 90.6 cm³/mol. The Morgan fingerprint density at radius 3 is 2.31 bits per heavy atom. The van der Waals surface area contributed by atoms with Crippen LogP contribution in [0.2, 0.25) is 0 Å². The van der Waals surface area contributed by atoms with Crippen molar-refractivity contribution in [3.63, 3.8) is 0 Å². The molecule has 1 heterocycles. The molecule has 5 nitrogen and oxygen atoms in total. The van der Waals surface area contributed by atoms with Crippen molar-refractivity contribution in [2.75, 3.05) is 5.32 Å². The normalized spacial score (nSPS) is 12.1. The molecule has 9 heteroatoms. The highest BCUT2D eigenvalue weighted by molar-refractivity contribution is 7.92. The molecule has 0 radical (unpaired) electrons. The van der Waals surface area contributed by atoms with Gasteiger partial charge in [0.15, 0.2) is 0 Å². The Bertz CT molecular complexity index is 983. The van der Waals surface area contributed by atoms with E-state index < -0.39 is 20.2 Å². The van der Waals surface area contributed by atoms with Crippen molar-refractivity contribution in [3.05, 3.63) is 72.6 Å². The number of rotatable bonds is 5. The molecule has 0 bridgehead atoms. The van der Waals surface area contributed by atoms with Gasteiger partial charge in [-0.1, -0.05) is 18.2 Å². The fourth-order valence-corrected chi connectivity index (χ4v) is 3.14. The van der Waals surface area contributed by atoms with Crippen LogP contribution in [0.4, 0.5) is 18.9 Å². The van der Waals surface area contributed by atoms with Crippen LogP contribution in [0.25, 0.3) is 5.69 Å². The molecule has 1 N–H and O–H groups in total. The van der Waals surface area contributed by atoms with E-state index in [-0.39, 0.29) is 0 Å². The second-order valence-electron chi connectivity index (χ2n) is 5.41. The van der Waals surface area contributed by atoms with Crippen molar-refractivity contribution < 1.29 is 21.6 Å². The zero-order chi connectivity index (χ0) is 18.8. The van der Waals surface area contributed by atoms with Gasteiger partial charge in [-0.05, 0) is 42.0 Å². The highest BCUT2D eigenvalue weighted by atomic mass is 32.2. The third kappa shape index (κ3) is 3.57. The summed E-state index contributed by atoms with van der Waals surface area (Å²) >= 11 is 0. The van der Waals surface area contributed by atoms with Gasteiger partial charge in [-0.25, -0.2) is 13.1 Å². The van der Waals surface area contributed by atoms with Gasteiger partial charge >= 0.3 is 5.51 Å². The summed E-state index contributed by atoms with van der Waals surface area (Å²) in [4.78, 5) is -0.785. The van der Waals surface area contributed by atoms with Crippen LogP contribution in [-0.2, 0) is 16.4 Å². The summed E-state index contributed by atoms with van der Waals surface area (Å²) in [7, 11) is -5.34. The standard InChI is InChI=1S/C17H14F3N3O2S/c18-17(19,20)26(24,25)15-8-6-14(7-9-15)21-12-13-4-1-2-5-16(13)23-11-3-10-22-23/h1-11,21H,12H2. The van der Waals surface area contributed by atoms with Crippen LogP contribution >= 0.6 is 0 Å². The molecule has 3 rings (SSSR count). The van der Waals surface area contributed by atoms with E-state index in [4.69, 9.17) is 0 Å². The van der Waals surface area contributed by atoms with E-state index in [0.717, 1.165) is 23.4 Å². The third-order valence-corrected chi connectivity index (χ3v) is 5.20. The van der Waals surface area contributed by atoms with Crippen LogP contribution in [0.1, 0.15) is 5.56 Å². The molecule has 2 aromatic carbocycles. The molecule has 0 aliphatic heterocycles. The van der Waals surface area contributed by atoms with E-state index in [1.165, 1.54) is 12.1 Å².